The zero-order valence-corrected chi connectivity index (χ0v) is 18.5. The Balaban J connectivity index is 1.47. The number of likely N-dealkylation sites (N-methyl/N-ethyl adjacent to an activating group) is 1. The summed E-state index contributed by atoms with van der Waals surface area (Å²) in [5.41, 5.74) is 0.846. The largest absolute Gasteiger partial charge is 0.477 e. The molecule has 31 heavy (non-hydrogen) atoms. The third-order valence-corrected chi connectivity index (χ3v) is 7.98. The van der Waals surface area contributed by atoms with Crippen LogP contribution < -0.4 is 10.2 Å². The minimum absolute atomic E-state index is 0.0173. The van der Waals surface area contributed by atoms with E-state index < -0.39 is 18.0 Å². The van der Waals surface area contributed by atoms with Gasteiger partial charge in [0.1, 0.15) is 5.70 Å². The summed E-state index contributed by atoms with van der Waals surface area (Å²) in [7, 11) is 1.75. The van der Waals surface area contributed by atoms with Gasteiger partial charge in [0, 0.05) is 35.4 Å². The molecule has 4 rings (SSSR count). The van der Waals surface area contributed by atoms with Crippen molar-refractivity contribution >= 4 is 35.2 Å². The van der Waals surface area contributed by atoms with Crippen molar-refractivity contribution in [1.82, 2.24) is 10.2 Å². The lowest BCUT2D eigenvalue weighted by Crippen LogP contribution is -2.63. The van der Waals surface area contributed by atoms with Crippen LogP contribution >= 0.6 is 11.8 Å². The number of para-hydroxylation sites is 1. The summed E-state index contributed by atoms with van der Waals surface area (Å²) in [6.45, 7) is 4.05. The van der Waals surface area contributed by atoms with E-state index in [0.29, 0.717) is 17.9 Å². The van der Waals surface area contributed by atoms with Crippen molar-refractivity contribution in [2.45, 2.75) is 43.7 Å². The highest BCUT2D eigenvalue weighted by molar-refractivity contribution is 8.03. The number of aliphatic hydroxyl groups excluding tert-OH is 1. The monoisotopic (exact) mass is 445 g/mol. The van der Waals surface area contributed by atoms with Gasteiger partial charge >= 0.3 is 5.97 Å². The van der Waals surface area contributed by atoms with Crippen LogP contribution in [0.2, 0.25) is 0 Å². The van der Waals surface area contributed by atoms with Gasteiger partial charge in [-0.3, -0.25) is 9.59 Å². The molecule has 6 atom stereocenters. The minimum atomic E-state index is -1.13. The Morgan fingerprint density at radius 3 is 2.58 bits per heavy atom. The Bertz CT molecular complexity index is 934. The first-order chi connectivity index (χ1) is 14.7. The average Bonchev–Trinajstić information content (AvgIpc) is 3.29. The summed E-state index contributed by atoms with van der Waals surface area (Å²) in [6, 6.07) is 8.74. The molecular weight excluding hydrogens is 418 g/mol. The Hall–Kier alpha value is -2.36. The highest BCUT2D eigenvalue weighted by Crippen LogP contribution is 2.51. The maximum atomic E-state index is 12.9. The van der Waals surface area contributed by atoms with Crippen LogP contribution in [0.3, 0.4) is 0 Å². The minimum Gasteiger partial charge on any atom is -0.477 e. The van der Waals surface area contributed by atoms with Crippen molar-refractivity contribution in [1.29, 1.82) is 0 Å². The fraction of sp³-hybridized carbons (Fsp3) is 0.500. The molecule has 2 amide bonds. The molecule has 0 radical (unpaired) electrons. The van der Waals surface area contributed by atoms with E-state index in [1.54, 1.807) is 18.9 Å². The predicted octanol–water partition coefficient (Wildman–Crippen LogP) is 1.27. The van der Waals surface area contributed by atoms with E-state index in [1.807, 2.05) is 37.3 Å². The number of anilines is 1. The molecule has 0 saturated carbocycles. The standard InChI is InChI=1S/C22H27N3O5S/c1-11-17-16(12(2)26)21(28)25(17)18(22(29)30)19(11)31-14-9-15(23-10-14)20(27)24(3)13-7-5-4-6-8-13/h4-8,11-12,14-17,23,26H,9-10H2,1-3H3,(H,29,30)/t11-,12?,14?,15?,16?,17?/m1/s1. The quantitative estimate of drug-likeness (QED) is 0.566. The van der Waals surface area contributed by atoms with E-state index in [4.69, 9.17) is 0 Å². The Kier molecular flexibility index (Phi) is 5.85. The maximum Gasteiger partial charge on any atom is 0.353 e. The van der Waals surface area contributed by atoms with E-state index in [-0.39, 0.29) is 40.8 Å². The van der Waals surface area contributed by atoms with Crippen LogP contribution in [0.1, 0.15) is 20.3 Å². The molecule has 3 aliphatic rings. The van der Waals surface area contributed by atoms with Gasteiger partial charge in [0.05, 0.1) is 24.1 Å². The first-order valence-electron chi connectivity index (χ1n) is 10.4. The zero-order valence-electron chi connectivity index (χ0n) is 17.7. The molecule has 1 aromatic rings. The summed E-state index contributed by atoms with van der Waals surface area (Å²) in [4.78, 5) is 41.0. The fourth-order valence-corrected chi connectivity index (χ4v) is 6.33. The van der Waals surface area contributed by atoms with E-state index in [2.05, 4.69) is 5.32 Å². The predicted molar refractivity (Wildman–Crippen MR) is 117 cm³/mol. The van der Waals surface area contributed by atoms with Crippen LogP contribution in [-0.4, -0.2) is 69.9 Å². The van der Waals surface area contributed by atoms with Crippen molar-refractivity contribution in [3.63, 3.8) is 0 Å². The van der Waals surface area contributed by atoms with Gasteiger partial charge in [-0.2, -0.15) is 0 Å². The van der Waals surface area contributed by atoms with Gasteiger partial charge in [0.2, 0.25) is 11.8 Å². The van der Waals surface area contributed by atoms with Crippen LogP contribution in [0, 0.1) is 11.8 Å². The van der Waals surface area contributed by atoms with E-state index in [0.717, 1.165) is 5.69 Å². The van der Waals surface area contributed by atoms with E-state index in [9.17, 15) is 24.6 Å². The molecule has 1 aromatic carbocycles. The molecule has 2 fully saturated rings. The van der Waals surface area contributed by atoms with Gasteiger partial charge in [0.25, 0.3) is 0 Å². The SMILES string of the molecule is CC(O)C1C(=O)N2C(C(=O)O)=C(SC3CNC(C(=O)N(C)c4ccccc4)C3)[C@H](C)C12. The van der Waals surface area contributed by atoms with Crippen molar-refractivity contribution in [3.05, 3.63) is 40.9 Å². The van der Waals surface area contributed by atoms with Gasteiger partial charge in [-0.05, 0) is 25.5 Å². The van der Waals surface area contributed by atoms with Crippen LogP contribution in [0.25, 0.3) is 0 Å². The number of aliphatic hydroxyl groups is 1. The number of benzene rings is 1. The molecule has 0 aliphatic carbocycles. The summed E-state index contributed by atoms with van der Waals surface area (Å²) in [5.74, 6) is -2.24. The number of hydrogen-bond acceptors (Lipinski definition) is 6. The van der Waals surface area contributed by atoms with E-state index >= 15 is 0 Å². The Labute approximate surface area is 185 Å². The lowest BCUT2D eigenvalue weighted by atomic mass is 9.79. The van der Waals surface area contributed by atoms with Crippen LogP contribution in [0.5, 0.6) is 0 Å². The third-order valence-electron chi connectivity index (χ3n) is 6.47. The van der Waals surface area contributed by atoms with Crippen molar-refractivity contribution in [3.8, 4) is 0 Å². The number of nitrogens with one attached hydrogen (secondary N) is 1. The molecule has 8 nitrogen and oxygen atoms in total. The lowest BCUT2D eigenvalue weighted by Gasteiger charge is -2.46. The van der Waals surface area contributed by atoms with Gasteiger partial charge in [0.15, 0.2) is 0 Å². The summed E-state index contributed by atoms with van der Waals surface area (Å²) >= 11 is 1.44. The second-order valence-electron chi connectivity index (χ2n) is 8.44. The van der Waals surface area contributed by atoms with Gasteiger partial charge < -0.3 is 25.3 Å². The number of hydrogen-bond donors (Lipinski definition) is 3. The number of thioether (sulfide) groups is 1. The van der Waals surface area contributed by atoms with E-state index in [1.165, 1.54) is 16.7 Å². The molecule has 0 bridgehead atoms. The summed E-state index contributed by atoms with van der Waals surface area (Å²) in [5, 5.41) is 23.0. The van der Waals surface area contributed by atoms with Crippen LogP contribution in [0.4, 0.5) is 5.69 Å². The molecule has 9 heteroatoms. The zero-order chi connectivity index (χ0) is 22.4. The van der Waals surface area contributed by atoms with Crippen LogP contribution in [0.15, 0.2) is 40.9 Å². The molecule has 3 aliphatic heterocycles. The Morgan fingerprint density at radius 1 is 1.29 bits per heavy atom. The number of β-lactam (4-membered cyclic amide) rings is 1. The number of carbonyl (C=O) groups excluding carboxylic acids is 2. The topological polar surface area (TPSA) is 110 Å². The smallest absolute Gasteiger partial charge is 0.353 e. The van der Waals surface area contributed by atoms with Gasteiger partial charge in [-0.1, -0.05) is 25.1 Å². The number of aliphatic carboxylic acids is 1. The highest BCUT2D eigenvalue weighted by Gasteiger charge is 2.60. The molecule has 166 valence electrons. The second kappa shape index (κ2) is 8.29. The van der Waals surface area contributed by atoms with Crippen molar-refractivity contribution in [2.75, 3.05) is 18.5 Å². The number of carbonyl (C=O) groups is 3. The van der Waals surface area contributed by atoms with Gasteiger partial charge in [-0.25, -0.2) is 4.79 Å². The van der Waals surface area contributed by atoms with Gasteiger partial charge in [-0.15, -0.1) is 11.8 Å². The third kappa shape index (κ3) is 3.64. The first kappa shape index (κ1) is 21.9. The van der Waals surface area contributed by atoms with Crippen molar-refractivity contribution < 1.29 is 24.6 Å². The summed E-state index contributed by atoms with van der Waals surface area (Å²) in [6.07, 6.45) is -0.248. The fourth-order valence-electron chi connectivity index (χ4n) is 4.85. The summed E-state index contributed by atoms with van der Waals surface area (Å²) < 4.78 is 0. The normalized spacial score (nSPS) is 30.8. The number of rotatable bonds is 6. The number of carboxylic acids is 1. The molecule has 3 heterocycles. The number of carboxylic acid groups (broad SMARTS) is 1. The molecular formula is C22H27N3O5S. The number of fused-ring (bicyclic) bond motifs is 1. The molecule has 0 spiro atoms. The molecule has 3 N–H and O–H groups in total. The molecule has 0 aromatic heterocycles. The number of amides is 2. The number of nitrogens with zero attached hydrogens (tertiary/aromatic N) is 2. The maximum absolute atomic E-state index is 12.9. The molecule has 2 saturated heterocycles. The Morgan fingerprint density at radius 2 is 1.97 bits per heavy atom. The highest BCUT2D eigenvalue weighted by atomic mass is 32.2. The van der Waals surface area contributed by atoms with Crippen LogP contribution in [-0.2, 0) is 14.4 Å². The average molecular weight is 446 g/mol. The first-order valence-corrected chi connectivity index (χ1v) is 11.3. The van der Waals surface area contributed by atoms with Crippen molar-refractivity contribution in [2.24, 2.45) is 11.8 Å². The second-order valence-corrected chi connectivity index (χ2v) is 9.78. The lowest BCUT2D eigenvalue weighted by molar-refractivity contribution is -0.163. The molecule has 5 unspecified atom stereocenters.